The maximum atomic E-state index is 6.46. The summed E-state index contributed by atoms with van der Waals surface area (Å²) in [6.07, 6.45) is 5.21. The normalized spacial score (nSPS) is 28.0. The van der Waals surface area contributed by atoms with Crippen LogP contribution in [0.25, 0.3) is 0 Å². The van der Waals surface area contributed by atoms with Crippen LogP contribution in [-0.4, -0.2) is 48.1 Å². The van der Waals surface area contributed by atoms with Gasteiger partial charge in [0.25, 0.3) is 0 Å². The Morgan fingerprint density at radius 1 is 1.35 bits per heavy atom. The quantitative estimate of drug-likeness (QED) is 0.926. The Hall–Kier alpha value is -0.420. The maximum Gasteiger partial charge on any atom is 0.0594 e. The van der Waals surface area contributed by atoms with Crippen LogP contribution in [0.15, 0.2) is 17.5 Å². The van der Waals surface area contributed by atoms with Crippen LogP contribution in [0.2, 0.25) is 0 Å². The average molecular weight is 293 g/mol. The number of piperidine rings is 1. The Balaban J connectivity index is 1.74. The van der Waals surface area contributed by atoms with Crippen LogP contribution >= 0.6 is 11.3 Å². The van der Waals surface area contributed by atoms with Gasteiger partial charge >= 0.3 is 0 Å². The molecule has 1 aromatic heterocycles. The Kier molecular flexibility index (Phi) is 4.76. The lowest BCUT2D eigenvalue weighted by Crippen LogP contribution is -2.57. The summed E-state index contributed by atoms with van der Waals surface area (Å²) in [6, 6.07) is 5.86. The lowest BCUT2D eigenvalue weighted by atomic mass is 9.96. The number of piperazine rings is 1. The van der Waals surface area contributed by atoms with Crippen LogP contribution in [0.3, 0.4) is 0 Å². The zero-order valence-electron chi connectivity index (χ0n) is 12.5. The highest BCUT2D eigenvalue weighted by molar-refractivity contribution is 7.10. The number of nitrogens with zero attached hydrogens (tertiary/aromatic N) is 2. The molecule has 20 heavy (non-hydrogen) atoms. The molecular weight excluding hydrogens is 266 g/mol. The van der Waals surface area contributed by atoms with Gasteiger partial charge in [-0.2, -0.15) is 0 Å². The summed E-state index contributed by atoms with van der Waals surface area (Å²) in [4.78, 5) is 6.80. The number of fused-ring (bicyclic) bond motifs is 1. The van der Waals surface area contributed by atoms with Gasteiger partial charge in [-0.1, -0.05) is 19.4 Å². The van der Waals surface area contributed by atoms with Crippen molar-refractivity contribution >= 4 is 11.3 Å². The Bertz CT molecular complexity index is 406. The van der Waals surface area contributed by atoms with Crippen molar-refractivity contribution in [3.63, 3.8) is 0 Å². The predicted octanol–water partition coefficient (Wildman–Crippen LogP) is 2.70. The molecule has 3 rings (SSSR count). The molecule has 4 heteroatoms. The van der Waals surface area contributed by atoms with Gasteiger partial charge in [-0.05, 0) is 37.3 Å². The van der Waals surface area contributed by atoms with E-state index in [9.17, 15) is 0 Å². The summed E-state index contributed by atoms with van der Waals surface area (Å²) in [5, 5.41) is 2.18. The lowest BCUT2D eigenvalue weighted by Gasteiger charge is -2.47. The van der Waals surface area contributed by atoms with E-state index < -0.39 is 0 Å². The second kappa shape index (κ2) is 6.56. The third-order valence-corrected chi connectivity index (χ3v) is 5.92. The first-order valence-electron chi connectivity index (χ1n) is 8.06. The molecule has 0 spiro atoms. The third kappa shape index (κ3) is 2.93. The zero-order valence-corrected chi connectivity index (χ0v) is 13.3. The van der Waals surface area contributed by atoms with Crippen molar-refractivity contribution in [2.45, 2.75) is 50.7 Å². The first-order chi connectivity index (χ1) is 9.79. The summed E-state index contributed by atoms with van der Waals surface area (Å²) < 4.78 is 0. The first-order valence-corrected chi connectivity index (χ1v) is 8.94. The van der Waals surface area contributed by atoms with E-state index in [2.05, 4.69) is 34.2 Å². The van der Waals surface area contributed by atoms with E-state index in [1.54, 1.807) is 0 Å². The minimum atomic E-state index is 0.254. The Labute approximate surface area is 126 Å². The molecule has 112 valence electrons. The largest absolute Gasteiger partial charge is 0.326 e. The molecule has 2 aliphatic rings. The van der Waals surface area contributed by atoms with E-state index in [-0.39, 0.29) is 6.04 Å². The van der Waals surface area contributed by atoms with E-state index in [4.69, 9.17) is 5.73 Å². The van der Waals surface area contributed by atoms with Crippen molar-refractivity contribution in [1.82, 2.24) is 9.80 Å². The van der Waals surface area contributed by atoms with Crippen molar-refractivity contribution < 1.29 is 0 Å². The Morgan fingerprint density at radius 3 is 3.00 bits per heavy atom. The van der Waals surface area contributed by atoms with E-state index in [1.807, 2.05) is 11.3 Å². The van der Waals surface area contributed by atoms with Crippen molar-refractivity contribution in [2.75, 3.05) is 26.2 Å². The number of hydrogen-bond donors (Lipinski definition) is 1. The van der Waals surface area contributed by atoms with Gasteiger partial charge in [0.05, 0.1) is 6.04 Å². The van der Waals surface area contributed by atoms with Crippen molar-refractivity contribution in [3.05, 3.63) is 22.4 Å². The van der Waals surface area contributed by atoms with Crippen LogP contribution in [-0.2, 0) is 0 Å². The standard InChI is InChI=1S/C16H27N3S/c1-2-14(17)16(15-7-5-11-20-15)19-10-9-18-8-4-3-6-13(18)12-19/h5,7,11,13-14,16H,2-4,6,8-10,12,17H2,1H3. The topological polar surface area (TPSA) is 32.5 Å². The second-order valence-electron chi connectivity index (χ2n) is 6.21. The Morgan fingerprint density at radius 2 is 2.25 bits per heavy atom. The summed E-state index contributed by atoms with van der Waals surface area (Å²) in [5.74, 6) is 0. The smallest absolute Gasteiger partial charge is 0.0594 e. The molecule has 1 aromatic rings. The number of hydrogen-bond acceptors (Lipinski definition) is 4. The monoisotopic (exact) mass is 293 g/mol. The molecule has 3 nitrogen and oxygen atoms in total. The fraction of sp³-hybridized carbons (Fsp3) is 0.750. The highest BCUT2D eigenvalue weighted by Crippen LogP contribution is 2.32. The molecule has 0 aromatic carbocycles. The number of thiophene rings is 1. The van der Waals surface area contributed by atoms with E-state index >= 15 is 0 Å². The molecule has 3 unspecified atom stereocenters. The van der Waals surface area contributed by atoms with Crippen molar-refractivity contribution in [2.24, 2.45) is 5.73 Å². The molecule has 2 fully saturated rings. The van der Waals surface area contributed by atoms with Gasteiger partial charge in [0.15, 0.2) is 0 Å². The van der Waals surface area contributed by atoms with Gasteiger partial charge in [-0.15, -0.1) is 11.3 Å². The van der Waals surface area contributed by atoms with Crippen molar-refractivity contribution in [1.29, 1.82) is 0 Å². The lowest BCUT2D eigenvalue weighted by molar-refractivity contribution is 0.0211. The van der Waals surface area contributed by atoms with Gasteiger partial charge in [0.2, 0.25) is 0 Å². The molecular formula is C16H27N3S. The summed E-state index contributed by atoms with van der Waals surface area (Å²) >= 11 is 1.86. The molecule has 3 heterocycles. The summed E-state index contributed by atoms with van der Waals surface area (Å²) in [5.41, 5.74) is 6.46. The molecule has 3 atom stereocenters. The van der Waals surface area contributed by atoms with Crippen LogP contribution in [0.5, 0.6) is 0 Å². The predicted molar refractivity (Wildman–Crippen MR) is 86.1 cm³/mol. The van der Waals surface area contributed by atoms with Gasteiger partial charge in [0.1, 0.15) is 0 Å². The van der Waals surface area contributed by atoms with Gasteiger partial charge in [0, 0.05) is 36.6 Å². The molecule has 0 radical (unpaired) electrons. The minimum Gasteiger partial charge on any atom is -0.326 e. The van der Waals surface area contributed by atoms with Crippen LogP contribution in [0.4, 0.5) is 0 Å². The molecule has 2 aliphatic heterocycles. The molecule has 0 bridgehead atoms. The third-order valence-electron chi connectivity index (χ3n) is 4.97. The zero-order chi connectivity index (χ0) is 13.9. The van der Waals surface area contributed by atoms with Crippen LogP contribution < -0.4 is 5.73 Å². The molecule has 2 saturated heterocycles. The van der Waals surface area contributed by atoms with E-state index in [0.29, 0.717) is 6.04 Å². The number of nitrogens with two attached hydrogens (primary N) is 1. The molecule has 2 N–H and O–H groups in total. The highest BCUT2D eigenvalue weighted by atomic mass is 32.1. The summed E-state index contributed by atoms with van der Waals surface area (Å²) in [7, 11) is 0. The van der Waals surface area contributed by atoms with Gasteiger partial charge in [-0.25, -0.2) is 0 Å². The summed E-state index contributed by atoms with van der Waals surface area (Å²) in [6.45, 7) is 7.12. The second-order valence-corrected chi connectivity index (χ2v) is 7.19. The van der Waals surface area contributed by atoms with E-state index in [0.717, 1.165) is 12.5 Å². The van der Waals surface area contributed by atoms with Crippen molar-refractivity contribution in [3.8, 4) is 0 Å². The van der Waals surface area contributed by atoms with Gasteiger partial charge in [-0.3, -0.25) is 9.80 Å². The number of rotatable bonds is 4. The molecule has 0 saturated carbocycles. The average Bonchev–Trinajstić information content (AvgIpc) is 3.01. The fourth-order valence-corrected chi connectivity index (χ4v) is 4.71. The minimum absolute atomic E-state index is 0.254. The van der Waals surface area contributed by atoms with Gasteiger partial charge < -0.3 is 5.73 Å². The first kappa shape index (κ1) is 14.5. The van der Waals surface area contributed by atoms with E-state index in [1.165, 1.54) is 50.3 Å². The van der Waals surface area contributed by atoms with Crippen LogP contribution in [0.1, 0.15) is 43.5 Å². The fourth-order valence-electron chi connectivity index (χ4n) is 3.78. The highest BCUT2D eigenvalue weighted by Gasteiger charge is 2.34. The maximum absolute atomic E-state index is 6.46. The SMILES string of the molecule is CCC(N)C(c1cccs1)N1CCN2CCCCC2C1. The molecule has 0 aliphatic carbocycles. The molecule has 0 amide bonds. The van der Waals surface area contributed by atoms with Crippen LogP contribution in [0, 0.1) is 0 Å².